The molecule has 0 amide bonds. The highest BCUT2D eigenvalue weighted by molar-refractivity contribution is 5.62. The molecule has 0 aliphatic heterocycles. The monoisotopic (exact) mass is 304 g/mol. The molecule has 3 aromatic heterocycles. The van der Waals surface area contributed by atoms with E-state index in [1.54, 1.807) is 24.4 Å². The van der Waals surface area contributed by atoms with Crippen LogP contribution in [0.15, 0.2) is 36.7 Å². The van der Waals surface area contributed by atoms with Gasteiger partial charge >= 0.3 is 6.18 Å². The molecule has 7 heteroatoms. The summed E-state index contributed by atoms with van der Waals surface area (Å²) in [5.74, 6) is 0.268. The molecule has 0 atom stereocenters. The van der Waals surface area contributed by atoms with Gasteiger partial charge in [-0.1, -0.05) is 0 Å². The molecule has 0 aromatic carbocycles. The second-order valence-corrected chi connectivity index (χ2v) is 5.38. The maximum absolute atomic E-state index is 13.3. The van der Waals surface area contributed by atoms with Gasteiger partial charge in [0, 0.05) is 29.9 Å². The number of halogens is 3. The molecule has 1 aliphatic carbocycles. The van der Waals surface area contributed by atoms with Crippen LogP contribution < -0.4 is 0 Å². The Hall–Kier alpha value is -2.44. The first kappa shape index (κ1) is 13.2. The molecule has 0 radical (unpaired) electrons. The topological polar surface area (TPSA) is 43.1 Å². The largest absolute Gasteiger partial charge is 0.433 e. The van der Waals surface area contributed by atoms with Crippen LogP contribution >= 0.6 is 0 Å². The van der Waals surface area contributed by atoms with Crippen LogP contribution in [0.2, 0.25) is 0 Å². The third-order valence-electron chi connectivity index (χ3n) is 3.69. The van der Waals surface area contributed by atoms with Gasteiger partial charge in [0.1, 0.15) is 0 Å². The lowest BCUT2D eigenvalue weighted by atomic mass is 10.2. The van der Waals surface area contributed by atoms with Gasteiger partial charge in [0.25, 0.3) is 0 Å². The number of aromatic nitrogens is 4. The summed E-state index contributed by atoms with van der Waals surface area (Å²) in [6.45, 7) is 0. The van der Waals surface area contributed by atoms with Crippen LogP contribution in [-0.4, -0.2) is 19.6 Å². The molecule has 4 nitrogen and oxygen atoms in total. The Bertz CT molecular complexity index is 835. The average molecular weight is 304 g/mol. The molecule has 0 N–H and O–H groups in total. The molecule has 4 rings (SSSR count). The molecular weight excluding hydrogens is 293 g/mol. The Morgan fingerprint density at radius 1 is 1.18 bits per heavy atom. The van der Waals surface area contributed by atoms with Gasteiger partial charge in [-0.25, -0.2) is 9.50 Å². The predicted octanol–water partition coefficient (Wildman–Crippen LogP) is 3.69. The lowest BCUT2D eigenvalue weighted by molar-refractivity contribution is -0.142. The van der Waals surface area contributed by atoms with Crippen molar-refractivity contribution in [2.24, 2.45) is 0 Å². The summed E-state index contributed by atoms with van der Waals surface area (Å²) in [5, 5.41) is 4.09. The Morgan fingerprint density at radius 2 is 2.00 bits per heavy atom. The lowest BCUT2D eigenvalue weighted by Crippen LogP contribution is -2.13. The molecule has 1 saturated carbocycles. The van der Waals surface area contributed by atoms with Crippen LogP contribution in [0.5, 0.6) is 0 Å². The van der Waals surface area contributed by atoms with Crippen molar-refractivity contribution >= 4 is 5.65 Å². The van der Waals surface area contributed by atoms with Gasteiger partial charge in [0.2, 0.25) is 0 Å². The highest BCUT2D eigenvalue weighted by Gasteiger charge is 2.36. The highest BCUT2D eigenvalue weighted by Crippen LogP contribution is 2.40. The van der Waals surface area contributed by atoms with Crippen LogP contribution in [0.4, 0.5) is 13.2 Å². The number of fused-ring (bicyclic) bond motifs is 1. The summed E-state index contributed by atoms with van der Waals surface area (Å²) < 4.78 is 40.9. The Morgan fingerprint density at radius 3 is 2.64 bits per heavy atom. The molecular formula is C15H11F3N4. The number of pyridine rings is 1. The smallest absolute Gasteiger partial charge is 0.264 e. The van der Waals surface area contributed by atoms with Crippen molar-refractivity contribution < 1.29 is 13.2 Å². The van der Waals surface area contributed by atoms with Crippen molar-refractivity contribution in [3.63, 3.8) is 0 Å². The fourth-order valence-electron chi connectivity index (χ4n) is 2.43. The van der Waals surface area contributed by atoms with Gasteiger partial charge in [0.05, 0.1) is 11.4 Å². The SMILES string of the molecule is FC(F)(F)c1cc(-c2cccnc2)nc2cc(C3CC3)nn12. The third-order valence-corrected chi connectivity index (χ3v) is 3.69. The van der Waals surface area contributed by atoms with Gasteiger partial charge in [-0.05, 0) is 31.0 Å². The second kappa shape index (κ2) is 4.53. The van der Waals surface area contributed by atoms with Crippen molar-refractivity contribution in [3.05, 3.63) is 48.0 Å². The van der Waals surface area contributed by atoms with Gasteiger partial charge in [-0.2, -0.15) is 18.3 Å². The van der Waals surface area contributed by atoms with E-state index in [-0.39, 0.29) is 17.3 Å². The zero-order valence-corrected chi connectivity index (χ0v) is 11.4. The van der Waals surface area contributed by atoms with Gasteiger partial charge in [-0.15, -0.1) is 0 Å². The summed E-state index contributed by atoms with van der Waals surface area (Å²) in [4.78, 5) is 8.24. The van der Waals surface area contributed by atoms with E-state index in [1.807, 2.05) is 0 Å². The third kappa shape index (κ3) is 2.22. The molecule has 1 aliphatic rings. The summed E-state index contributed by atoms with van der Waals surface area (Å²) in [6.07, 6.45) is 0.514. The summed E-state index contributed by atoms with van der Waals surface area (Å²) in [5.41, 5.74) is 0.875. The first-order chi connectivity index (χ1) is 10.5. The molecule has 0 bridgehead atoms. The highest BCUT2D eigenvalue weighted by atomic mass is 19.4. The minimum absolute atomic E-state index is 0.218. The van der Waals surface area contributed by atoms with Crippen LogP contribution in [0.25, 0.3) is 16.9 Å². The van der Waals surface area contributed by atoms with Crippen LogP contribution in [0.3, 0.4) is 0 Å². The minimum Gasteiger partial charge on any atom is -0.264 e. The van der Waals surface area contributed by atoms with Crippen molar-refractivity contribution in [2.45, 2.75) is 24.9 Å². The maximum Gasteiger partial charge on any atom is 0.433 e. The van der Waals surface area contributed by atoms with E-state index in [2.05, 4.69) is 15.1 Å². The van der Waals surface area contributed by atoms with Gasteiger partial charge < -0.3 is 0 Å². The van der Waals surface area contributed by atoms with E-state index in [1.165, 1.54) is 6.20 Å². The van der Waals surface area contributed by atoms with E-state index in [4.69, 9.17) is 0 Å². The molecule has 1 fully saturated rings. The zero-order valence-electron chi connectivity index (χ0n) is 11.4. The molecule has 22 heavy (non-hydrogen) atoms. The van der Waals surface area contributed by atoms with Crippen LogP contribution in [0, 0.1) is 0 Å². The minimum atomic E-state index is -4.50. The number of alkyl halides is 3. The maximum atomic E-state index is 13.3. The number of rotatable bonds is 2. The van der Waals surface area contributed by atoms with E-state index in [9.17, 15) is 13.2 Å². The van der Waals surface area contributed by atoms with E-state index in [0.717, 1.165) is 23.4 Å². The van der Waals surface area contributed by atoms with Crippen LogP contribution in [0.1, 0.15) is 30.1 Å². The standard InChI is InChI=1S/C15H11F3N4/c16-15(17,18)13-6-11(10-2-1-5-19-8-10)20-14-7-12(9-3-4-9)21-22(13)14/h1-2,5-9H,3-4H2. The van der Waals surface area contributed by atoms with Gasteiger partial charge in [0.15, 0.2) is 11.3 Å². The zero-order chi connectivity index (χ0) is 15.3. The fraction of sp³-hybridized carbons (Fsp3) is 0.267. The quantitative estimate of drug-likeness (QED) is 0.725. The number of nitrogens with zero attached hydrogens (tertiary/aromatic N) is 4. The Balaban J connectivity index is 1.96. The first-order valence-electron chi connectivity index (χ1n) is 6.91. The molecule has 0 unspecified atom stereocenters. The Kier molecular flexibility index (Phi) is 2.72. The van der Waals surface area contributed by atoms with Crippen molar-refractivity contribution in [3.8, 4) is 11.3 Å². The number of hydrogen-bond donors (Lipinski definition) is 0. The van der Waals surface area contributed by atoms with Crippen LogP contribution in [-0.2, 0) is 6.18 Å². The average Bonchev–Trinajstić information content (AvgIpc) is 3.25. The lowest BCUT2D eigenvalue weighted by Gasteiger charge is -2.10. The molecule has 3 aromatic rings. The summed E-state index contributed by atoms with van der Waals surface area (Å²) >= 11 is 0. The van der Waals surface area contributed by atoms with Crippen molar-refractivity contribution in [1.29, 1.82) is 0 Å². The molecule has 0 saturated heterocycles. The summed E-state index contributed by atoms with van der Waals surface area (Å²) in [7, 11) is 0. The second-order valence-electron chi connectivity index (χ2n) is 5.38. The van der Waals surface area contributed by atoms with Crippen molar-refractivity contribution in [2.75, 3.05) is 0 Å². The fourth-order valence-corrected chi connectivity index (χ4v) is 2.43. The molecule has 112 valence electrons. The normalized spacial score (nSPS) is 15.4. The Labute approximate surface area is 123 Å². The first-order valence-corrected chi connectivity index (χ1v) is 6.91. The number of hydrogen-bond acceptors (Lipinski definition) is 3. The molecule has 3 heterocycles. The predicted molar refractivity (Wildman–Crippen MR) is 73.2 cm³/mol. The van der Waals surface area contributed by atoms with E-state index < -0.39 is 11.9 Å². The molecule has 0 spiro atoms. The van der Waals surface area contributed by atoms with Gasteiger partial charge in [-0.3, -0.25) is 4.98 Å². The van der Waals surface area contributed by atoms with Crippen molar-refractivity contribution in [1.82, 2.24) is 19.6 Å². The van der Waals surface area contributed by atoms with E-state index >= 15 is 0 Å². The summed E-state index contributed by atoms with van der Waals surface area (Å²) in [6, 6.07) is 6.02. The van der Waals surface area contributed by atoms with E-state index in [0.29, 0.717) is 11.3 Å².